The summed E-state index contributed by atoms with van der Waals surface area (Å²) in [5, 5.41) is 9.04. The first kappa shape index (κ1) is 20.0. The molecule has 0 radical (unpaired) electrons. The van der Waals surface area contributed by atoms with E-state index < -0.39 is 0 Å². The molecular formula is C23H21FN4OS. The first-order valence-corrected chi connectivity index (χ1v) is 10.6. The van der Waals surface area contributed by atoms with Crippen LogP contribution in [-0.2, 0) is 11.2 Å². The SMILES string of the molecule is CC(=O)Nc1ccc(CCCNc2ncc3c(-c4ccc(F)cc4)csc3n2)cc1. The van der Waals surface area contributed by atoms with Crippen LogP contribution in [-0.4, -0.2) is 22.4 Å². The highest BCUT2D eigenvalue weighted by molar-refractivity contribution is 7.17. The second-order valence-corrected chi connectivity index (χ2v) is 7.84. The van der Waals surface area contributed by atoms with Crippen LogP contribution in [0.1, 0.15) is 18.9 Å². The number of hydrogen-bond donors (Lipinski definition) is 2. The van der Waals surface area contributed by atoms with Gasteiger partial charge in [0.05, 0.1) is 0 Å². The van der Waals surface area contributed by atoms with Crippen LogP contribution >= 0.6 is 11.3 Å². The molecule has 2 aromatic heterocycles. The molecule has 4 aromatic rings. The van der Waals surface area contributed by atoms with E-state index in [-0.39, 0.29) is 11.7 Å². The van der Waals surface area contributed by atoms with E-state index in [1.807, 2.05) is 35.8 Å². The van der Waals surface area contributed by atoms with Crippen LogP contribution in [0.25, 0.3) is 21.3 Å². The zero-order valence-electron chi connectivity index (χ0n) is 16.5. The van der Waals surface area contributed by atoms with Crippen molar-refractivity contribution in [1.29, 1.82) is 0 Å². The molecule has 0 bridgehead atoms. The van der Waals surface area contributed by atoms with Crippen LogP contribution in [0.15, 0.2) is 60.1 Å². The van der Waals surface area contributed by atoms with Crippen molar-refractivity contribution < 1.29 is 9.18 Å². The van der Waals surface area contributed by atoms with E-state index in [1.165, 1.54) is 24.6 Å². The van der Waals surface area contributed by atoms with Crippen molar-refractivity contribution >= 4 is 39.1 Å². The van der Waals surface area contributed by atoms with Crippen LogP contribution in [0.2, 0.25) is 0 Å². The van der Waals surface area contributed by atoms with Gasteiger partial charge in [0, 0.05) is 41.7 Å². The maximum atomic E-state index is 13.2. The average molecular weight is 421 g/mol. The maximum absolute atomic E-state index is 13.2. The fraction of sp³-hybridized carbons (Fsp3) is 0.174. The molecule has 5 nitrogen and oxygen atoms in total. The summed E-state index contributed by atoms with van der Waals surface area (Å²) < 4.78 is 13.2. The average Bonchev–Trinajstić information content (AvgIpc) is 3.16. The lowest BCUT2D eigenvalue weighted by Crippen LogP contribution is -2.07. The molecule has 2 N–H and O–H groups in total. The van der Waals surface area contributed by atoms with E-state index in [2.05, 4.69) is 20.6 Å². The zero-order valence-corrected chi connectivity index (χ0v) is 17.3. The van der Waals surface area contributed by atoms with Crippen molar-refractivity contribution in [2.45, 2.75) is 19.8 Å². The number of carbonyl (C=O) groups is 1. The Balaban J connectivity index is 1.33. The lowest BCUT2D eigenvalue weighted by atomic mass is 10.1. The van der Waals surface area contributed by atoms with Gasteiger partial charge in [0.15, 0.2) is 0 Å². The Morgan fingerprint density at radius 3 is 2.60 bits per heavy atom. The number of carbonyl (C=O) groups excluding carboxylic acids is 1. The van der Waals surface area contributed by atoms with Crippen molar-refractivity contribution in [3.8, 4) is 11.1 Å². The number of rotatable bonds is 7. The third-order valence-corrected chi connectivity index (χ3v) is 5.58. The van der Waals surface area contributed by atoms with Gasteiger partial charge in [-0.25, -0.2) is 14.4 Å². The molecule has 0 atom stereocenters. The highest BCUT2D eigenvalue weighted by Gasteiger charge is 2.09. The largest absolute Gasteiger partial charge is 0.354 e. The fourth-order valence-corrected chi connectivity index (χ4v) is 4.13. The van der Waals surface area contributed by atoms with E-state index in [0.29, 0.717) is 5.95 Å². The summed E-state index contributed by atoms with van der Waals surface area (Å²) in [6.07, 6.45) is 3.68. The topological polar surface area (TPSA) is 66.9 Å². The molecule has 0 unspecified atom stereocenters. The third kappa shape index (κ3) is 4.80. The minimum absolute atomic E-state index is 0.0700. The number of nitrogens with one attached hydrogen (secondary N) is 2. The van der Waals surface area contributed by atoms with Gasteiger partial charge in [0.2, 0.25) is 11.9 Å². The Hall–Kier alpha value is -3.32. The predicted octanol–water partition coefficient (Wildman–Crippen LogP) is 5.50. The summed E-state index contributed by atoms with van der Waals surface area (Å²) in [5.41, 5.74) is 3.99. The molecule has 0 aliphatic rings. The number of thiophene rings is 1. The number of aromatic nitrogens is 2. The molecule has 1 amide bonds. The molecule has 0 saturated heterocycles. The van der Waals surface area contributed by atoms with Crippen molar-refractivity contribution in [3.05, 3.63) is 71.5 Å². The lowest BCUT2D eigenvalue weighted by Gasteiger charge is -2.07. The summed E-state index contributed by atoms with van der Waals surface area (Å²) >= 11 is 1.55. The van der Waals surface area contributed by atoms with Gasteiger partial charge in [-0.3, -0.25) is 4.79 Å². The number of nitrogens with zero attached hydrogens (tertiary/aromatic N) is 2. The molecule has 0 saturated carbocycles. The number of anilines is 2. The van der Waals surface area contributed by atoms with Crippen LogP contribution in [0.5, 0.6) is 0 Å². The quantitative estimate of drug-likeness (QED) is 0.388. The summed E-state index contributed by atoms with van der Waals surface area (Å²) in [5.74, 6) is 0.292. The second-order valence-electron chi connectivity index (χ2n) is 6.98. The van der Waals surface area contributed by atoms with E-state index in [4.69, 9.17) is 0 Å². The van der Waals surface area contributed by atoms with E-state index in [0.717, 1.165) is 46.4 Å². The van der Waals surface area contributed by atoms with Gasteiger partial charge >= 0.3 is 0 Å². The number of aryl methyl sites for hydroxylation is 1. The van der Waals surface area contributed by atoms with Gasteiger partial charge in [0.25, 0.3) is 0 Å². The van der Waals surface area contributed by atoms with E-state index >= 15 is 0 Å². The number of amides is 1. The summed E-state index contributed by atoms with van der Waals surface area (Å²) in [7, 11) is 0. The Labute approximate surface area is 178 Å². The van der Waals surface area contributed by atoms with Crippen LogP contribution in [0, 0.1) is 5.82 Å². The van der Waals surface area contributed by atoms with E-state index in [1.54, 1.807) is 23.5 Å². The van der Waals surface area contributed by atoms with Crippen molar-refractivity contribution in [2.24, 2.45) is 0 Å². The first-order valence-electron chi connectivity index (χ1n) is 9.69. The number of halogens is 1. The molecule has 0 aliphatic carbocycles. The highest BCUT2D eigenvalue weighted by Crippen LogP contribution is 2.33. The normalized spacial score (nSPS) is 10.9. The van der Waals surface area contributed by atoms with Gasteiger partial charge in [-0.2, -0.15) is 0 Å². The minimum atomic E-state index is -0.246. The van der Waals surface area contributed by atoms with Crippen molar-refractivity contribution in [3.63, 3.8) is 0 Å². The van der Waals surface area contributed by atoms with E-state index in [9.17, 15) is 9.18 Å². The number of hydrogen-bond acceptors (Lipinski definition) is 5. The van der Waals surface area contributed by atoms with Crippen LogP contribution in [0.3, 0.4) is 0 Å². The van der Waals surface area contributed by atoms with Gasteiger partial charge in [-0.05, 0) is 48.2 Å². The summed E-state index contributed by atoms with van der Waals surface area (Å²) in [4.78, 5) is 21.0. The third-order valence-electron chi connectivity index (χ3n) is 4.69. The number of benzene rings is 2. The molecule has 0 aliphatic heterocycles. The smallest absolute Gasteiger partial charge is 0.224 e. The molecule has 4 rings (SSSR count). The number of fused-ring (bicyclic) bond motifs is 1. The lowest BCUT2D eigenvalue weighted by molar-refractivity contribution is -0.114. The molecule has 30 heavy (non-hydrogen) atoms. The predicted molar refractivity (Wildman–Crippen MR) is 120 cm³/mol. The monoisotopic (exact) mass is 420 g/mol. The summed E-state index contributed by atoms with van der Waals surface area (Å²) in [6.45, 7) is 2.26. The Bertz CT molecular complexity index is 1160. The Morgan fingerprint density at radius 2 is 1.87 bits per heavy atom. The van der Waals surface area contributed by atoms with Crippen LogP contribution < -0.4 is 10.6 Å². The Kier molecular flexibility index (Phi) is 5.99. The molecule has 2 aromatic carbocycles. The zero-order chi connectivity index (χ0) is 20.9. The molecule has 7 heteroatoms. The van der Waals surface area contributed by atoms with Gasteiger partial charge in [-0.15, -0.1) is 11.3 Å². The van der Waals surface area contributed by atoms with Crippen molar-refractivity contribution in [2.75, 3.05) is 17.2 Å². The van der Waals surface area contributed by atoms with Gasteiger partial charge < -0.3 is 10.6 Å². The highest BCUT2D eigenvalue weighted by atomic mass is 32.1. The molecule has 0 fully saturated rings. The minimum Gasteiger partial charge on any atom is -0.354 e. The molecular weight excluding hydrogens is 399 g/mol. The summed E-state index contributed by atoms with van der Waals surface area (Å²) in [6, 6.07) is 14.3. The fourth-order valence-electron chi connectivity index (χ4n) is 3.21. The van der Waals surface area contributed by atoms with Gasteiger partial charge in [-0.1, -0.05) is 24.3 Å². The maximum Gasteiger partial charge on any atom is 0.224 e. The van der Waals surface area contributed by atoms with Crippen molar-refractivity contribution in [1.82, 2.24) is 9.97 Å². The second kappa shape index (κ2) is 9.00. The molecule has 2 heterocycles. The van der Waals surface area contributed by atoms with Gasteiger partial charge in [0.1, 0.15) is 10.6 Å². The molecule has 152 valence electrons. The first-order chi connectivity index (χ1) is 14.6. The standard InChI is InChI=1S/C23H21FN4OS/c1-15(29)27-19-10-4-16(5-11-19)3-2-12-25-23-26-13-20-21(14-30-22(20)28-23)17-6-8-18(24)9-7-17/h4-11,13-14H,2-3,12H2,1H3,(H,27,29)(H,25,26,28). The Morgan fingerprint density at radius 1 is 1.10 bits per heavy atom. The molecule has 0 spiro atoms. The van der Waals surface area contributed by atoms with Crippen LogP contribution in [0.4, 0.5) is 16.0 Å².